The summed E-state index contributed by atoms with van der Waals surface area (Å²) in [6.07, 6.45) is 4.26. The zero-order valence-electron chi connectivity index (χ0n) is 40.3. The van der Waals surface area contributed by atoms with Gasteiger partial charge in [-0.05, 0) is 70.8 Å². The molecule has 0 fully saturated rings. The van der Waals surface area contributed by atoms with E-state index in [0.717, 1.165) is 109 Å². The second-order valence-corrected chi connectivity index (χ2v) is 19.9. The second kappa shape index (κ2) is 15.0. The summed E-state index contributed by atoms with van der Waals surface area (Å²) in [6.45, 7) is 0. The van der Waals surface area contributed by atoms with E-state index in [4.69, 9.17) is 13.8 Å². The highest BCUT2D eigenvalue weighted by Crippen LogP contribution is 2.52. The van der Waals surface area contributed by atoms with E-state index >= 15 is 0 Å². The zero-order chi connectivity index (χ0) is 49.9. The summed E-state index contributed by atoms with van der Waals surface area (Å²) in [5.41, 5.74) is 16.4. The molecule has 16 aromatic rings. The third-order valence-corrected chi connectivity index (χ3v) is 16.2. The summed E-state index contributed by atoms with van der Waals surface area (Å²) in [7, 11) is 0. The number of nitrogens with zero attached hydrogens (tertiary/aromatic N) is 6. The molecule has 0 aliphatic heterocycles. The Labute approximate surface area is 431 Å². The maximum Gasteiger partial charge on any atom is 0.160 e. The topological polar surface area (TPSA) is 102 Å². The smallest absolute Gasteiger partial charge is 0.160 e. The van der Waals surface area contributed by atoms with Crippen molar-refractivity contribution in [2.45, 2.75) is 6.42 Å². The van der Waals surface area contributed by atoms with Crippen LogP contribution in [0.1, 0.15) is 22.3 Å². The fourth-order valence-electron chi connectivity index (χ4n) is 13.2. The van der Waals surface area contributed by atoms with E-state index in [-0.39, 0.29) is 0 Å². The van der Waals surface area contributed by atoms with Crippen molar-refractivity contribution in [3.8, 4) is 51.5 Å². The average Bonchev–Trinajstić information content (AvgIpc) is 4.49. The average molecular weight is 969 g/mol. The number of hydrogen-bond acceptors (Lipinski definition) is 5. The minimum atomic E-state index is 0.348. The van der Waals surface area contributed by atoms with E-state index < -0.39 is 0 Å². The molecule has 0 bridgehead atoms. The van der Waals surface area contributed by atoms with Crippen molar-refractivity contribution < 1.29 is 8.83 Å². The first-order valence-electron chi connectivity index (χ1n) is 25.4. The van der Waals surface area contributed by atoms with Gasteiger partial charge in [0.2, 0.25) is 0 Å². The molecule has 0 amide bonds. The standard InChI is InChI=1S/C68H36N6O2/c69-35-53-60(39-15-13-33-71-37-39)62(73-56-23-9-4-18-43(56)48-29-31-50-45-20-6-11-25-58(45)75-67(50)65(48)73)54(36-70)64(74-57-24-10-5-19-44(57)49-30-32-51-46-21-7-12-26-59(46)76-68(51)66(49)74)63(53)72-55-22-8-3-17-42(55)47-28-27-41-40-16-2-1-14-38(40)34-52(41)61(47)72/h1-33,37H,34H2. The maximum absolute atomic E-state index is 12.8. The minimum absolute atomic E-state index is 0.348. The largest absolute Gasteiger partial charge is 0.454 e. The van der Waals surface area contributed by atoms with Gasteiger partial charge in [0.1, 0.15) is 28.9 Å². The summed E-state index contributed by atoms with van der Waals surface area (Å²) in [5.74, 6) is 0. The van der Waals surface area contributed by atoms with Crippen molar-refractivity contribution in [1.82, 2.24) is 18.7 Å². The van der Waals surface area contributed by atoms with Gasteiger partial charge in [-0.2, -0.15) is 10.5 Å². The van der Waals surface area contributed by atoms with Crippen molar-refractivity contribution in [2.75, 3.05) is 0 Å². The van der Waals surface area contributed by atoms with Crippen molar-refractivity contribution in [1.29, 1.82) is 10.5 Å². The highest BCUT2D eigenvalue weighted by Gasteiger charge is 2.36. The van der Waals surface area contributed by atoms with Gasteiger partial charge in [0.25, 0.3) is 0 Å². The maximum atomic E-state index is 12.8. The lowest BCUT2D eigenvalue weighted by Crippen LogP contribution is -2.14. The van der Waals surface area contributed by atoms with E-state index in [0.29, 0.717) is 56.9 Å². The second-order valence-electron chi connectivity index (χ2n) is 19.9. The molecule has 17 rings (SSSR count). The van der Waals surface area contributed by atoms with E-state index in [1.807, 2.05) is 72.9 Å². The Morgan fingerprint density at radius 3 is 1.45 bits per heavy atom. The Morgan fingerprint density at radius 1 is 0.395 bits per heavy atom. The Hall–Kier alpha value is -10.7. The molecule has 0 saturated carbocycles. The normalized spacial score (nSPS) is 12.4. The van der Waals surface area contributed by atoms with E-state index in [2.05, 4.69) is 153 Å². The molecule has 0 N–H and O–H groups in total. The Kier molecular flexibility index (Phi) is 8.05. The SMILES string of the molecule is N#Cc1c(-c2cccnc2)c(-n2c3ccccc3c3ccc4c5ccccc5oc4c32)c(C#N)c(-n2c3ccccc3c3ccc4c5ccccc5oc4c32)c1-n1c2ccccc2c2ccc3c(c21)Cc1ccccc1-3. The number of para-hydroxylation sites is 5. The molecule has 0 spiro atoms. The van der Waals surface area contributed by atoms with Crippen molar-refractivity contribution in [2.24, 2.45) is 0 Å². The van der Waals surface area contributed by atoms with Crippen LogP contribution in [0.5, 0.6) is 0 Å². The van der Waals surface area contributed by atoms with Gasteiger partial charge in [0.05, 0.1) is 55.7 Å². The summed E-state index contributed by atoms with van der Waals surface area (Å²) in [6, 6.07) is 72.8. The number of aromatic nitrogens is 4. The predicted molar refractivity (Wildman–Crippen MR) is 305 cm³/mol. The first kappa shape index (κ1) is 40.9. The van der Waals surface area contributed by atoms with E-state index in [1.165, 1.54) is 11.1 Å². The van der Waals surface area contributed by atoms with Crippen LogP contribution in [0.2, 0.25) is 0 Å². The first-order valence-corrected chi connectivity index (χ1v) is 25.4. The Balaban J connectivity index is 1.18. The summed E-state index contributed by atoms with van der Waals surface area (Å²) in [4.78, 5) is 4.74. The van der Waals surface area contributed by atoms with Crippen LogP contribution in [0.25, 0.3) is 149 Å². The zero-order valence-corrected chi connectivity index (χ0v) is 40.3. The highest BCUT2D eigenvalue weighted by molar-refractivity contribution is 6.24. The van der Waals surface area contributed by atoms with Crippen LogP contribution < -0.4 is 0 Å². The molecule has 6 aromatic heterocycles. The number of fused-ring (bicyclic) bond motifs is 21. The summed E-state index contributed by atoms with van der Waals surface area (Å²) in [5, 5.41) is 35.2. The molecule has 10 aromatic carbocycles. The Bertz CT molecular complexity index is 5360. The van der Waals surface area contributed by atoms with Gasteiger partial charge in [-0.25, -0.2) is 0 Å². The molecule has 0 unspecified atom stereocenters. The fraction of sp³-hybridized carbons (Fsp3) is 0.0147. The predicted octanol–water partition coefficient (Wildman–Crippen LogP) is 17.2. The number of rotatable bonds is 4. The van der Waals surface area contributed by atoms with Crippen LogP contribution in [0.3, 0.4) is 0 Å². The van der Waals surface area contributed by atoms with Crippen LogP contribution in [-0.4, -0.2) is 18.7 Å². The Morgan fingerprint density at radius 2 is 0.868 bits per heavy atom. The summed E-state index contributed by atoms with van der Waals surface area (Å²) < 4.78 is 20.7. The third-order valence-electron chi connectivity index (χ3n) is 16.2. The molecular weight excluding hydrogens is 933 g/mol. The minimum Gasteiger partial charge on any atom is -0.454 e. The molecule has 350 valence electrons. The van der Waals surface area contributed by atoms with Gasteiger partial charge in [-0.3, -0.25) is 4.98 Å². The number of benzene rings is 10. The number of hydrogen-bond donors (Lipinski definition) is 0. The van der Waals surface area contributed by atoms with Gasteiger partial charge in [-0.1, -0.05) is 146 Å². The molecule has 1 aliphatic rings. The first-order chi connectivity index (χ1) is 37.7. The van der Waals surface area contributed by atoms with Gasteiger partial charge >= 0.3 is 0 Å². The molecule has 8 heteroatoms. The molecule has 8 nitrogen and oxygen atoms in total. The van der Waals surface area contributed by atoms with Gasteiger partial charge in [0, 0.05) is 83.8 Å². The summed E-state index contributed by atoms with van der Waals surface area (Å²) >= 11 is 0. The van der Waals surface area contributed by atoms with Crippen molar-refractivity contribution in [3.05, 3.63) is 229 Å². The molecule has 76 heavy (non-hydrogen) atoms. The molecule has 0 radical (unpaired) electrons. The number of nitriles is 2. The lowest BCUT2D eigenvalue weighted by molar-refractivity contribution is 0.671. The van der Waals surface area contributed by atoms with Gasteiger partial charge in [0.15, 0.2) is 11.2 Å². The van der Waals surface area contributed by atoms with Gasteiger partial charge in [-0.15, -0.1) is 0 Å². The fourth-order valence-corrected chi connectivity index (χ4v) is 13.2. The van der Waals surface area contributed by atoms with Crippen LogP contribution in [-0.2, 0) is 6.42 Å². The monoisotopic (exact) mass is 968 g/mol. The number of pyridine rings is 1. The lowest BCUT2D eigenvalue weighted by Gasteiger charge is -2.26. The molecule has 1 aliphatic carbocycles. The van der Waals surface area contributed by atoms with E-state index in [9.17, 15) is 10.5 Å². The molecule has 6 heterocycles. The quantitative estimate of drug-likeness (QED) is 0.175. The highest BCUT2D eigenvalue weighted by atomic mass is 16.3. The van der Waals surface area contributed by atoms with Crippen LogP contribution >= 0.6 is 0 Å². The van der Waals surface area contributed by atoms with Crippen LogP contribution in [0, 0.1) is 22.7 Å². The molecular formula is C68H36N6O2. The van der Waals surface area contributed by atoms with Crippen molar-refractivity contribution in [3.63, 3.8) is 0 Å². The number of furan rings is 2. The molecule has 0 atom stereocenters. The van der Waals surface area contributed by atoms with Gasteiger partial charge < -0.3 is 22.5 Å². The van der Waals surface area contributed by atoms with Crippen molar-refractivity contribution >= 4 is 109 Å². The van der Waals surface area contributed by atoms with Crippen LogP contribution in [0.4, 0.5) is 0 Å². The van der Waals surface area contributed by atoms with E-state index in [1.54, 1.807) is 6.20 Å². The lowest BCUT2D eigenvalue weighted by atomic mass is 9.91. The van der Waals surface area contributed by atoms with Crippen LogP contribution in [0.15, 0.2) is 215 Å². The third kappa shape index (κ3) is 5.16. The molecule has 0 saturated heterocycles.